The number of nitrogens with zero attached hydrogens (tertiary/aromatic N) is 2. The van der Waals surface area contributed by atoms with Crippen LogP contribution in [0.5, 0.6) is 0 Å². The SMILES string of the molecule is CCCCCCCn1nc(C(=O)NCCCCC)c2ccccc21. The highest BCUT2D eigenvalue weighted by atomic mass is 16.1. The minimum absolute atomic E-state index is 0.0490. The summed E-state index contributed by atoms with van der Waals surface area (Å²) in [6, 6.07) is 8.04. The van der Waals surface area contributed by atoms with Gasteiger partial charge in [-0.05, 0) is 18.9 Å². The van der Waals surface area contributed by atoms with E-state index in [9.17, 15) is 4.79 Å². The molecule has 0 spiro atoms. The van der Waals surface area contributed by atoms with Gasteiger partial charge in [0.1, 0.15) is 0 Å². The molecule has 24 heavy (non-hydrogen) atoms. The summed E-state index contributed by atoms with van der Waals surface area (Å²) in [5.74, 6) is -0.0490. The molecule has 2 aromatic rings. The summed E-state index contributed by atoms with van der Waals surface area (Å²) >= 11 is 0. The summed E-state index contributed by atoms with van der Waals surface area (Å²) < 4.78 is 2.00. The van der Waals surface area contributed by atoms with Crippen LogP contribution in [0.1, 0.15) is 75.7 Å². The van der Waals surface area contributed by atoms with E-state index < -0.39 is 0 Å². The minimum atomic E-state index is -0.0490. The lowest BCUT2D eigenvalue weighted by molar-refractivity contribution is 0.0948. The first-order chi connectivity index (χ1) is 11.8. The number of hydrogen-bond acceptors (Lipinski definition) is 2. The van der Waals surface area contributed by atoms with Crippen molar-refractivity contribution in [2.24, 2.45) is 0 Å². The molecule has 0 unspecified atom stereocenters. The van der Waals surface area contributed by atoms with Crippen LogP contribution in [-0.4, -0.2) is 22.2 Å². The van der Waals surface area contributed by atoms with Crippen LogP contribution in [0.4, 0.5) is 0 Å². The number of amides is 1. The third-order valence-corrected chi connectivity index (χ3v) is 4.41. The molecule has 2 rings (SSSR count). The maximum atomic E-state index is 12.5. The zero-order valence-electron chi connectivity index (χ0n) is 15.2. The van der Waals surface area contributed by atoms with Gasteiger partial charge in [-0.15, -0.1) is 0 Å². The van der Waals surface area contributed by atoms with E-state index in [2.05, 4.69) is 30.3 Å². The van der Waals surface area contributed by atoms with Crippen molar-refractivity contribution in [2.45, 2.75) is 71.8 Å². The second-order valence-electron chi connectivity index (χ2n) is 6.47. The van der Waals surface area contributed by atoms with Gasteiger partial charge in [0, 0.05) is 18.5 Å². The fraction of sp³-hybridized carbons (Fsp3) is 0.600. The van der Waals surface area contributed by atoms with Crippen LogP contribution in [0.3, 0.4) is 0 Å². The molecule has 0 saturated heterocycles. The summed E-state index contributed by atoms with van der Waals surface area (Å²) in [6.45, 7) is 6.00. The fourth-order valence-electron chi connectivity index (χ4n) is 2.99. The first-order valence-corrected chi connectivity index (χ1v) is 9.51. The summed E-state index contributed by atoms with van der Waals surface area (Å²) in [7, 11) is 0. The number of carbonyl (C=O) groups excluding carboxylic acids is 1. The molecule has 1 aromatic heterocycles. The second-order valence-corrected chi connectivity index (χ2v) is 6.47. The van der Waals surface area contributed by atoms with Gasteiger partial charge >= 0.3 is 0 Å². The quantitative estimate of drug-likeness (QED) is 0.594. The highest BCUT2D eigenvalue weighted by Crippen LogP contribution is 2.19. The molecular weight excluding hydrogens is 298 g/mol. The Morgan fingerprint density at radius 1 is 1.00 bits per heavy atom. The normalized spacial score (nSPS) is 11.1. The maximum absolute atomic E-state index is 12.5. The minimum Gasteiger partial charge on any atom is -0.351 e. The molecule has 1 amide bonds. The van der Waals surface area contributed by atoms with Gasteiger partial charge < -0.3 is 5.32 Å². The van der Waals surface area contributed by atoms with Crippen molar-refractivity contribution in [3.63, 3.8) is 0 Å². The predicted molar refractivity (Wildman–Crippen MR) is 100 cm³/mol. The first-order valence-electron chi connectivity index (χ1n) is 9.51. The van der Waals surface area contributed by atoms with E-state index in [4.69, 9.17) is 0 Å². The molecular formula is C20H31N3O. The van der Waals surface area contributed by atoms with Gasteiger partial charge in [-0.2, -0.15) is 5.10 Å². The molecule has 132 valence electrons. The average molecular weight is 329 g/mol. The average Bonchev–Trinajstić information content (AvgIpc) is 2.97. The molecule has 4 heteroatoms. The van der Waals surface area contributed by atoms with Gasteiger partial charge in [-0.1, -0.05) is 70.6 Å². The van der Waals surface area contributed by atoms with Crippen LogP contribution in [0.15, 0.2) is 24.3 Å². The predicted octanol–water partition coefficient (Wildman–Crippen LogP) is 4.93. The highest BCUT2D eigenvalue weighted by molar-refractivity contribution is 6.04. The van der Waals surface area contributed by atoms with Crippen molar-refractivity contribution < 1.29 is 4.79 Å². The molecule has 4 nitrogen and oxygen atoms in total. The Morgan fingerprint density at radius 3 is 2.50 bits per heavy atom. The van der Waals surface area contributed by atoms with Crippen molar-refractivity contribution >= 4 is 16.8 Å². The molecule has 0 radical (unpaired) electrons. The van der Waals surface area contributed by atoms with Gasteiger partial charge in [0.15, 0.2) is 5.69 Å². The Balaban J connectivity index is 2.03. The third-order valence-electron chi connectivity index (χ3n) is 4.41. The summed E-state index contributed by atoms with van der Waals surface area (Å²) in [6.07, 6.45) is 9.50. The van der Waals surface area contributed by atoms with E-state index in [1.165, 1.54) is 25.7 Å². The van der Waals surface area contributed by atoms with Gasteiger partial charge in [-0.25, -0.2) is 0 Å². The summed E-state index contributed by atoms with van der Waals surface area (Å²) in [5.41, 5.74) is 1.63. The zero-order valence-corrected chi connectivity index (χ0v) is 15.2. The lowest BCUT2D eigenvalue weighted by Crippen LogP contribution is -2.25. The Labute approximate surface area is 145 Å². The van der Waals surface area contributed by atoms with Gasteiger partial charge in [0.25, 0.3) is 5.91 Å². The van der Waals surface area contributed by atoms with Crippen molar-refractivity contribution in [3.8, 4) is 0 Å². The Morgan fingerprint density at radius 2 is 1.71 bits per heavy atom. The molecule has 1 heterocycles. The van der Waals surface area contributed by atoms with Gasteiger partial charge in [0.2, 0.25) is 0 Å². The van der Waals surface area contributed by atoms with Crippen LogP contribution in [0.2, 0.25) is 0 Å². The molecule has 1 N–H and O–H groups in total. The van der Waals surface area contributed by atoms with E-state index in [0.717, 1.165) is 49.7 Å². The molecule has 0 aliphatic carbocycles. The highest BCUT2D eigenvalue weighted by Gasteiger charge is 2.16. The molecule has 0 aliphatic rings. The van der Waals surface area contributed by atoms with Crippen molar-refractivity contribution in [2.75, 3.05) is 6.54 Å². The Kier molecular flexibility index (Phi) is 7.80. The standard InChI is InChI=1S/C20H31N3O/c1-3-5-7-8-12-16-23-18-14-10-9-13-17(18)19(22-23)20(24)21-15-11-6-4-2/h9-10,13-14H,3-8,11-12,15-16H2,1-2H3,(H,21,24). The number of aromatic nitrogens is 2. The monoisotopic (exact) mass is 329 g/mol. The summed E-state index contributed by atoms with van der Waals surface area (Å²) in [5, 5.41) is 8.58. The second kappa shape index (κ2) is 10.1. The van der Waals surface area contributed by atoms with Gasteiger partial charge in [0.05, 0.1) is 5.52 Å². The van der Waals surface area contributed by atoms with Crippen LogP contribution in [0.25, 0.3) is 10.9 Å². The van der Waals surface area contributed by atoms with E-state index in [1.807, 2.05) is 22.9 Å². The van der Waals surface area contributed by atoms with Gasteiger partial charge in [-0.3, -0.25) is 9.48 Å². The molecule has 0 atom stereocenters. The number of benzene rings is 1. The molecule has 0 saturated carbocycles. The number of unbranched alkanes of at least 4 members (excludes halogenated alkanes) is 6. The lowest BCUT2D eigenvalue weighted by atomic mass is 10.1. The Hall–Kier alpha value is -1.84. The van der Waals surface area contributed by atoms with Crippen molar-refractivity contribution in [1.29, 1.82) is 0 Å². The smallest absolute Gasteiger partial charge is 0.272 e. The largest absolute Gasteiger partial charge is 0.351 e. The third kappa shape index (κ3) is 5.08. The van der Waals surface area contributed by atoms with E-state index in [1.54, 1.807) is 0 Å². The fourth-order valence-corrected chi connectivity index (χ4v) is 2.99. The van der Waals surface area contributed by atoms with E-state index >= 15 is 0 Å². The number of hydrogen-bond donors (Lipinski definition) is 1. The van der Waals surface area contributed by atoms with E-state index in [0.29, 0.717) is 5.69 Å². The van der Waals surface area contributed by atoms with Crippen LogP contribution < -0.4 is 5.32 Å². The zero-order chi connectivity index (χ0) is 17.2. The molecule has 0 bridgehead atoms. The first kappa shape index (κ1) is 18.5. The topological polar surface area (TPSA) is 46.9 Å². The lowest BCUT2D eigenvalue weighted by Gasteiger charge is -2.03. The maximum Gasteiger partial charge on any atom is 0.272 e. The Bertz CT molecular complexity index is 633. The van der Waals surface area contributed by atoms with Crippen molar-refractivity contribution in [1.82, 2.24) is 15.1 Å². The number of nitrogens with one attached hydrogen (secondary N) is 1. The molecule has 0 aliphatic heterocycles. The molecule has 0 fully saturated rings. The molecule has 1 aromatic carbocycles. The number of para-hydroxylation sites is 1. The van der Waals surface area contributed by atoms with Crippen LogP contribution in [-0.2, 0) is 6.54 Å². The van der Waals surface area contributed by atoms with Crippen LogP contribution >= 0.6 is 0 Å². The van der Waals surface area contributed by atoms with Crippen LogP contribution in [0, 0.1) is 0 Å². The number of carbonyl (C=O) groups is 1. The number of fused-ring (bicyclic) bond motifs is 1. The number of aryl methyl sites for hydroxylation is 1. The van der Waals surface area contributed by atoms with Crippen molar-refractivity contribution in [3.05, 3.63) is 30.0 Å². The van der Waals surface area contributed by atoms with E-state index in [-0.39, 0.29) is 5.91 Å². The number of rotatable bonds is 11. The summed E-state index contributed by atoms with van der Waals surface area (Å²) in [4.78, 5) is 12.5.